The highest BCUT2D eigenvalue weighted by molar-refractivity contribution is 5.56. The molecule has 29 heavy (non-hydrogen) atoms. The van der Waals surface area contributed by atoms with E-state index in [1.54, 1.807) is 12.3 Å². The smallest absolute Gasteiger partial charge is 0.200 e. The first-order chi connectivity index (χ1) is 14.1. The average molecular weight is 396 g/mol. The van der Waals surface area contributed by atoms with E-state index in [2.05, 4.69) is 21.8 Å². The first kappa shape index (κ1) is 19.2. The number of halogens is 2. The van der Waals surface area contributed by atoms with Gasteiger partial charge in [0.05, 0.1) is 18.8 Å². The molecule has 0 aliphatic carbocycles. The maximum atomic E-state index is 14.1. The summed E-state index contributed by atoms with van der Waals surface area (Å²) in [4.78, 5) is 15.7. The fourth-order valence-electron chi connectivity index (χ4n) is 3.83. The number of benzene rings is 1. The molecule has 0 fully saturated rings. The Kier molecular flexibility index (Phi) is 5.38. The van der Waals surface area contributed by atoms with Crippen molar-refractivity contribution in [1.82, 2.24) is 15.0 Å². The third kappa shape index (κ3) is 3.64. The number of pyridine rings is 1. The first-order valence-corrected chi connectivity index (χ1v) is 9.69. The molecule has 2 aromatic heterocycles. The highest BCUT2D eigenvalue weighted by atomic mass is 19.2. The van der Waals surface area contributed by atoms with Gasteiger partial charge in [-0.05, 0) is 18.6 Å². The molecular weight excluding hydrogens is 374 g/mol. The van der Waals surface area contributed by atoms with Crippen molar-refractivity contribution < 1.29 is 13.5 Å². The van der Waals surface area contributed by atoms with Gasteiger partial charge in [0.15, 0.2) is 17.4 Å². The second-order valence-electron chi connectivity index (χ2n) is 7.00. The van der Waals surface area contributed by atoms with Crippen LogP contribution >= 0.6 is 0 Å². The van der Waals surface area contributed by atoms with E-state index < -0.39 is 11.6 Å². The van der Waals surface area contributed by atoms with E-state index in [1.165, 1.54) is 13.2 Å². The number of ether oxygens (including phenoxy) is 1. The van der Waals surface area contributed by atoms with Crippen LogP contribution in [0, 0.1) is 11.6 Å². The van der Waals surface area contributed by atoms with Gasteiger partial charge >= 0.3 is 0 Å². The monoisotopic (exact) mass is 396 g/mol. The number of hydrogen-bond acceptors (Lipinski definition) is 5. The molecule has 1 aromatic carbocycles. The molecule has 1 aliphatic heterocycles. The molecule has 3 aromatic rings. The lowest BCUT2D eigenvalue weighted by Gasteiger charge is -2.38. The van der Waals surface area contributed by atoms with Crippen molar-refractivity contribution in [3.05, 3.63) is 65.6 Å². The van der Waals surface area contributed by atoms with E-state index in [4.69, 9.17) is 9.72 Å². The van der Waals surface area contributed by atoms with E-state index in [9.17, 15) is 8.78 Å². The third-order valence-electron chi connectivity index (χ3n) is 5.21. The van der Waals surface area contributed by atoms with Crippen LogP contribution in [0.15, 0.2) is 42.7 Å². The normalized spacial score (nSPS) is 15.9. The fraction of sp³-hybridized carbons (Fsp3) is 0.318. The largest absolute Gasteiger partial charge is 0.493 e. The van der Waals surface area contributed by atoms with Gasteiger partial charge in [-0.3, -0.25) is 4.98 Å². The van der Waals surface area contributed by atoms with E-state index in [0.29, 0.717) is 24.5 Å². The number of fused-ring (bicyclic) bond motifs is 1. The molecule has 0 saturated heterocycles. The van der Waals surface area contributed by atoms with Crippen LogP contribution < -0.4 is 9.64 Å². The number of rotatable bonds is 5. The maximum absolute atomic E-state index is 14.1. The van der Waals surface area contributed by atoms with E-state index in [0.717, 1.165) is 29.8 Å². The van der Waals surface area contributed by atoms with Gasteiger partial charge in [-0.25, -0.2) is 14.4 Å². The molecule has 0 spiro atoms. The minimum atomic E-state index is -0.968. The summed E-state index contributed by atoms with van der Waals surface area (Å²) < 4.78 is 33.0. The van der Waals surface area contributed by atoms with Crippen LogP contribution in [0.25, 0.3) is 11.5 Å². The number of methoxy groups -OCH3 is 1. The Morgan fingerprint density at radius 2 is 2.07 bits per heavy atom. The highest BCUT2D eigenvalue weighted by Gasteiger charge is 2.30. The van der Waals surface area contributed by atoms with Gasteiger partial charge < -0.3 is 9.64 Å². The quantitative estimate of drug-likeness (QED) is 0.624. The minimum absolute atomic E-state index is 0.0175. The minimum Gasteiger partial charge on any atom is -0.493 e. The Hall–Kier alpha value is -3.09. The zero-order chi connectivity index (χ0) is 20.4. The predicted molar refractivity (Wildman–Crippen MR) is 107 cm³/mol. The third-order valence-corrected chi connectivity index (χ3v) is 5.21. The number of aromatic nitrogens is 3. The average Bonchev–Trinajstić information content (AvgIpc) is 2.76. The summed E-state index contributed by atoms with van der Waals surface area (Å²) in [7, 11) is 1.34. The van der Waals surface area contributed by atoms with Gasteiger partial charge in [-0.1, -0.05) is 19.4 Å². The molecule has 0 saturated carbocycles. The fourth-order valence-corrected chi connectivity index (χ4v) is 3.83. The van der Waals surface area contributed by atoms with Gasteiger partial charge in [0.1, 0.15) is 5.69 Å². The van der Waals surface area contributed by atoms with Crippen molar-refractivity contribution in [2.75, 3.05) is 18.6 Å². The van der Waals surface area contributed by atoms with Crippen molar-refractivity contribution >= 4 is 5.69 Å². The van der Waals surface area contributed by atoms with Crippen LogP contribution in [0.3, 0.4) is 0 Å². The van der Waals surface area contributed by atoms with Gasteiger partial charge in [0, 0.05) is 48.7 Å². The van der Waals surface area contributed by atoms with E-state index in [-0.39, 0.29) is 11.8 Å². The molecule has 150 valence electrons. The van der Waals surface area contributed by atoms with Crippen LogP contribution in [0.4, 0.5) is 14.5 Å². The van der Waals surface area contributed by atoms with Crippen LogP contribution in [0.5, 0.6) is 5.75 Å². The standard InChI is InChI=1S/C22H22F2N4O/c1-3-6-19-15-13-26-22(18-7-4-5-9-25-18)27-17(15)8-10-28(19)14-11-16(23)21(24)20(12-14)29-2/h4-5,7,9,11-13,19H,3,6,8,10H2,1-2H3/t19-/m0/s1. The summed E-state index contributed by atoms with van der Waals surface area (Å²) in [6.07, 6.45) is 6.02. The molecule has 5 nitrogen and oxygen atoms in total. The number of anilines is 1. The summed E-state index contributed by atoms with van der Waals surface area (Å²) in [6.45, 7) is 2.74. The molecule has 0 N–H and O–H groups in total. The Bertz CT molecular complexity index is 1010. The summed E-state index contributed by atoms with van der Waals surface area (Å²) >= 11 is 0. The van der Waals surface area contributed by atoms with Gasteiger partial charge in [-0.15, -0.1) is 0 Å². The lowest BCUT2D eigenvalue weighted by Crippen LogP contribution is -2.36. The zero-order valence-corrected chi connectivity index (χ0v) is 16.4. The summed E-state index contributed by atoms with van der Waals surface area (Å²) in [6, 6.07) is 8.41. The SMILES string of the molecule is CCC[C@H]1c2cnc(-c3ccccn3)nc2CCN1c1cc(F)c(F)c(OC)c1. The molecule has 0 amide bonds. The second kappa shape index (κ2) is 8.11. The van der Waals surface area contributed by atoms with Gasteiger partial charge in [0.2, 0.25) is 5.82 Å². The molecule has 1 aliphatic rings. The highest BCUT2D eigenvalue weighted by Crippen LogP contribution is 2.38. The zero-order valence-electron chi connectivity index (χ0n) is 16.4. The van der Waals surface area contributed by atoms with E-state index >= 15 is 0 Å². The van der Waals surface area contributed by atoms with Crippen molar-refractivity contribution in [1.29, 1.82) is 0 Å². The van der Waals surface area contributed by atoms with Crippen LogP contribution in [-0.4, -0.2) is 28.6 Å². The molecule has 0 unspecified atom stereocenters. The Morgan fingerprint density at radius 1 is 1.21 bits per heavy atom. The lowest BCUT2D eigenvalue weighted by atomic mass is 9.94. The molecule has 4 rings (SSSR count). The summed E-state index contributed by atoms with van der Waals surface area (Å²) in [5, 5.41) is 0. The molecule has 1 atom stereocenters. The van der Waals surface area contributed by atoms with Crippen LogP contribution in [0.2, 0.25) is 0 Å². The summed E-state index contributed by atoms with van der Waals surface area (Å²) in [5.41, 5.74) is 3.32. The van der Waals surface area contributed by atoms with Crippen molar-refractivity contribution in [3.63, 3.8) is 0 Å². The Balaban J connectivity index is 1.73. The Morgan fingerprint density at radius 3 is 2.79 bits per heavy atom. The van der Waals surface area contributed by atoms with Crippen molar-refractivity contribution in [3.8, 4) is 17.3 Å². The maximum Gasteiger partial charge on any atom is 0.200 e. The van der Waals surface area contributed by atoms with Crippen LogP contribution in [0.1, 0.15) is 37.1 Å². The second-order valence-corrected chi connectivity index (χ2v) is 7.00. The van der Waals surface area contributed by atoms with E-state index in [1.807, 2.05) is 24.4 Å². The van der Waals surface area contributed by atoms with Crippen molar-refractivity contribution in [2.24, 2.45) is 0 Å². The van der Waals surface area contributed by atoms with Crippen molar-refractivity contribution in [2.45, 2.75) is 32.2 Å². The predicted octanol–water partition coefficient (Wildman–Crippen LogP) is 4.73. The van der Waals surface area contributed by atoms with Crippen LogP contribution in [-0.2, 0) is 6.42 Å². The first-order valence-electron chi connectivity index (χ1n) is 9.69. The number of hydrogen-bond donors (Lipinski definition) is 0. The molecule has 0 radical (unpaired) electrons. The lowest BCUT2D eigenvalue weighted by molar-refractivity contribution is 0.371. The molecule has 0 bridgehead atoms. The number of nitrogens with zero attached hydrogens (tertiary/aromatic N) is 4. The molecule has 3 heterocycles. The van der Waals surface area contributed by atoms with Gasteiger partial charge in [-0.2, -0.15) is 4.39 Å². The molecule has 7 heteroatoms. The topological polar surface area (TPSA) is 51.1 Å². The summed E-state index contributed by atoms with van der Waals surface area (Å²) in [5.74, 6) is -1.38. The van der Waals surface area contributed by atoms with Gasteiger partial charge in [0.25, 0.3) is 0 Å². The Labute approximate surface area is 168 Å². The molecular formula is C22H22F2N4O.